The van der Waals surface area contributed by atoms with E-state index in [9.17, 15) is 14.4 Å². The molecule has 0 aliphatic rings. The molecule has 17 heavy (non-hydrogen) atoms. The maximum atomic E-state index is 11.7. The van der Waals surface area contributed by atoms with Gasteiger partial charge in [0.05, 0.1) is 12.9 Å². The minimum absolute atomic E-state index is 0.0354. The number of methoxy groups -OCH3 is 1. The molecule has 2 N–H and O–H groups in total. The number of hydrogen-bond acceptors (Lipinski definition) is 5. The van der Waals surface area contributed by atoms with Gasteiger partial charge in [0.2, 0.25) is 11.8 Å². The standard InChI is InChI=1S/C10H18N2O4S/c1-3-12(6-10(15)16-2)9(14)4-5-17-7-8(11)13/h3-7H2,1-2H3,(H2,11,13). The smallest absolute Gasteiger partial charge is 0.325 e. The molecule has 98 valence electrons. The Labute approximate surface area is 105 Å². The van der Waals surface area contributed by atoms with Gasteiger partial charge in [0.15, 0.2) is 0 Å². The van der Waals surface area contributed by atoms with E-state index in [1.807, 2.05) is 0 Å². The van der Waals surface area contributed by atoms with Gasteiger partial charge in [-0.25, -0.2) is 0 Å². The predicted molar refractivity (Wildman–Crippen MR) is 65.4 cm³/mol. The zero-order valence-electron chi connectivity index (χ0n) is 10.1. The molecule has 0 saturated carbocycles. The SMILES string of the molecule is CCN(CC(=O)OC)C(=O)CCSCC(N)=O. The average molecular weight is 262 g/mol. The van der Waals surface area contributed by atoms with Crippen molar-refractivity contribution in [2.75, 3.05) is 31.7 Å². The maximum absolute atomic E-state index is 11.7. The van der Waals surface area contributed by atoms with E-state index in [4.69, 9.17) is 5.73 Å². The van der Waals surface area contributed by atoms with Crippen LogP contribution in [0.1, 0.15) is 13.3 Å². The van der Waals surface area contributed by atoms with Gasteiger partial charge in [0, 0.05) is 18.7 Å². The predicted octanol–water partition coefficient (Wildman–Crippen LogP) is -0.383. The molecule has 0 aromatic carbocycles. The molecule has 6 nitrogen and oxygen atoms in total. The quantitative estimate of drug-likeness (QED) is 0.475. The third kappa shape index (κ3) is 7.62. The van der Waals surface area contributed by atoms with Crippen LogP contribution in [0, 0.1) is 0 Å². The molecule has 0 radical (unpaired) electrons. The lowest BCUT2D eigenvalue weighted by molar-refractivity contribution is -0.146. The maximum Gasteiger partial charge on any atom is 0.325 e. The third-order valence-corrected chi connectivity index (χ3v) is 2.97. The van der Waals surface area contributed by atoms with Crippen LogP contribution in [0.4, 0.5) is 0 Å². The summed E-state index contributed by atoms with van der Waals surface area (Å²) in [5, 5.41) is 0. The molecule has 0 aromatic heterocycles. The normalized spacial score (nSPS) is 9.76. The van der Waals surface area contributed by atoms with Gasteiger partial charge in [0.25, 0.3) is 0 Å². The fourth-order valence-electron chi connectivity index (χ4n) is 1.09. The van der Waals surface area contributed by atoms with Crippen LogP contribution in [0.3, 0.4) is 0 Å². The Morgan fingerprint density at radius 2 is 2.00 bits per heavy atom. The molecular weight excluding hydrogens is 244 g/mol. The summed E-state index contributed by atoms with van der Waals surface area (Å²) in [4.78, 5) is 34.6. The monoisotopic (exact) mass is 262 g/mol. The fraction of sp³-hybridized carbons (Fsp3) is 0.700. The lowest BCUT2D eigenvalue weighted by Crippen LogP contribution is -2.36. The van der Waals surface area contributed by atoms with E-state index >= 15 is 0 Å². The third-order valence-electron chi connectivity index (χ3n) is 1.99. The molecule has 0 aliphatic carbocycles. The molecule has 7 heteroatoms. The van der Waals surface area contributed by atoms with Crippen molar-refractivity contribution < 1.29 is 19.1 Å². The molecule has 0 fully saturated rings. The number of thioether (sulfide) groups is 1. The number of likely N-dealkylation sites (N-methyl/N-ethyl adjacent to an activating group) is 1. The zero-order valence-corrected chi connectivity index (χ0v) is 10.9. The van der Waals surface area contributed by atoms with E-state index < -0.39 is 11.9 Å². The highest BCUT2D eigenvalue weighted by atomic mass is 32.2. The Morgan fingerprint density at radius 3 is 2.47 bits per heavy atom. The van der Waals surface area contributed by atoms with Crippen molar-refractivity contribution in [2.45, 2.75) is 13.3 Å². The van der Waals surface area contributed by atoms with Gasteiger partial charge in [-0.05, 0) is 6.92 Å². The average Bonchev–Trinajstić information content (AvgIpc) is 2.30. The number of nitrogens with zero attached hydrogens (tertiary/aromatic N) is 1. The number of primary amides is 1. The number of rotatable bonds is 8. The van der Waals surface area contributed by atoms with E-state index in [0.717, 1.165) is 0 Å². The van der Waals surface area contributed by atoms with Gasteiger partial charge in [-0.1, -0.05) is 0 Å². The van der Waals surface area contributed by atoms with Gasteiger partial charge in [-0.15, -0.1) is 0 Å². The molecule has 0 aromatic rings. The first-order chi connectivity index (χ1) is 8.01. The Kier molecular flexibility index (Phi) is 8.21. The van der Waals surface area contributed by atoms with Crippen LogP contribution < -0.4 is 5.73 Å². The summed E-state index contributed by atoms with van der Waals surface area (Å²) in [6.07, 6.45) is 0.281. The number of nitrogens with two attached hydrogens (primary N) is 1. The second kappa shape index (κ2) is 8.86. The van der Waals surface area contributed by atoms with Crippen LogP contribution in [0.25, 0.3) is 0 Å². The Balaban J connectivity index is 3.91. The molecule has 0 unspecified atom stereocenters. The van der Waals surface area contributed by atoms with Crippen molar-refractivity contribution in [3.05, 3.63) is 0 Å². The van der Waals surface area contributed by atoms with Gasteiger partial charge >= 0.3 is 5.97 Å². The summed E-state index contributed by atoms with van der Waals surface area (Å²) in [6.45, 7) is 2.21. The highest BCUT2D eigenvalue weighted by Crippen LogP contribution is 2.04. The van der Waals surface area contributed by atoms with Crippen LogP contribution >= 0.6 is 11.8 Å². The molecule has 0 atom stereocenters. The van der Waals surface area contributed by atoms with E-state index in [1.165, 1.54) is 23.8 Å². The number of amides is 2. The van der Waals surface area contributed by atoms with Crippen LogP contribution in [-0.2, 0) is 19.1 Å². The lowest BCUT2D eigenvalue weighted by atomic mass is 10.4. The van der Waals surface area contributed by atoms with Crippen LogP contribution in [-0.4, -0.2) is 54.4 Å². The summed E-state index contributed by atoms with van der Waals surface area (Å²) < 4.78 is 4.49. The molecule has 0 aliphatic heterocycles. The summed E-state index contributed by atoms with van der Waals surface area (Å²) >= 11 is 1.30. The largest absolute Gasteiger partial charge is 0.468 e. The molecule has 0 rings (SSSR count). The lowest BCUT2D eigenvalue weighted by Gasteiger charge is -2.19. The molecular formula is C10H18N2O4S. The highest BCUT2D eigenvalue weighted by Gasteiger charge is 2.15. The van der Waals surface area contributed by atoms with Crippen molar-refractivity contribution in [1.82, 2.24) is 4.90 Å². The van der Waals surface area contributed by atoms with Crippen molar-refractivity contribution in [3.8, 4) is 0 Å². The molecule has 0 spiro atoms. The second-order valence-corrected chi connectivity index (χ2v) is 4.36. The van der Waals surface area contributed by atoms with Crippen LogP contribution in [0.5, 0.6) is 0 Å². The Hall–Kier alpha value is -1.24. The van der Waals surface area contributed by atoms with Gasteiger partial charge < -0.3 is 15.4 Å². The van der Waals surface area contributed by atoms with Crippen LogP contribution in [0.15, 0.2) is 0 Å². The highest BCUT2D eigenvalue weighted by molar-refractivity contribution is 7.99. The fourth-order valence-corrected chi connectivity index (χ4v) is 1.75. The number of carbonyl (C=O) groups is 3. The number of esters is 1. The summed E-state index contributed by atoms with van der Waals surface area (Å²) in [5.74, 6) is -0.250. The van der Waals surface area contributed by atoms with Crippen molar-refractivity contribution in [2.24, 2.45) is 5.73 Å². The van der Waals surface area contributed by atoms with Crippen molar-refractivity contribution in [1.29, 1.82) is 0 Å². The van der Waals surface area contributed by atoms with E-state index in [1.54, 1.807) is 6.92 Å². The first-order valence-electron chi connectivity index (χ1n) is 5.21. The molecule has 0 bridgehead atoms. The molecule has 0 heterocycles. The summed E-state index contributed by atoms with van der Waals surface area (Å²) in [5.41, 5.74) is 4.96. The molecule has 0 saturated heterocycles. The summed E-state index contributed by atoms with van der Waals surface area (Å²) in [6, 6.07) is 0. The Bertz CT molecular complexity index is 283. The van der Waals surface area contributed by atoms with Gasteiger partial charge in [-0.2, -0.15) is 11.8 Å². The topological polar surface area (TPSA) is 89.7 Å². The number of carbonyl (C=O) groups excluding carboxylic acids is 3. The first kappa shape index (κ1) is 15.8. The van der Waals surface area contributed by atoms with E-state index in [0.29, 0.717) is 12.3 Å². The van der Waals surface area contributed by atoms with Crippen molar-refractivity contribution >= 4 is 29.5 Å². The molecule has 2 amide bonds. The van der Waals surface area contributed by atoms with Crippen LogP contribution in [0.2, 0.25) is 0 Å². The Morgan fingerprint density at radius 1 is 1.35 bits per heavy atom. The van der Waals surface area contributed by atoms with Crippen molar-refractivity contribution in [3.63, 3.8) is 0 Å². The zero-order chi connectivity index (χ0) is 13.3. The number of ether oxygens (including phenoxy) is 1. The van der Waals surface area contributed by atoms with E-state index in [-0.39, 0.29) is 24.6 Å². The van der Waals surface area contributed by atoms with E-state index in [2.05, 4.69) is 4.74 Å². The van der Waals surface area contributed by atoms with Gasteiger partial charge in [0.1, 0.15) is 6.54 Å². The minimum atomic E-state index is -0.440. The second-order valence-electron chi connectivity index (χ2n) is 3.25. The summed E-state index contributed by atoms with van der Waals surface area (Å²) in [7, 11) is 1.28. The number of hydrogen-bond donors (Lipinski definition) is 1. The first-order valence-corrected chi connectivity index (χ1v) is 6.37. The van der Waals surface area contributed by atoms with Gasteiger partial charge in [-0.3, -0.25) is 14.4 Å². The minimum Gasteiger partial charge on any atom is -0.468 e.